The summed E-state index contributed by atoms with van der Waals surface area (Å²) in [4.78, 5) is 0. The Bertz CT molecular complexity index is 78.0. The maximum atomic E-state index is 4.00. The lowest BCUT2D eigenvalue weighted by molar-refractivity contribution is 0.662. The Balaban J connectivity index is 2.25. The molecule has 0 aromatic carbocycles. The van der Waals surface area contributed by atoms with Crippen molar-refractivity contribution in [1.82, 2.24) is 0 Å². The van der Waals surface area contributed by atoms with Gasteiger partial charge in [-0.25, -0.2) is 0 Å². The molecule has 1 radical (unpaired) electrons. The Morgan fingerprint density at radius 1 is 1.57 bits per heavy atom. The van der Waals surface area contributed by atoms with Crippen molar-refractivity contribution >= 4 is 0 Å². The van der Waals surface area contributed by atoms with Gasteiger partial charge in [0, 0.05) is 0 Å². The van der Waals surface area contributed by atoms with E-state index in [-0.39, 0.29) is 0 Å². The quantitative estimate of drug-likeness (QED) is 0.461. The van der Waals surface area contributed by atoms with E-state index < -0.39 is 0 Å². The van der Waals surface area contributed by atoms with Gasteiger partial charge in [0.2, 0.25) is 0 Å². The summed E-state index contributed by atoms with van der Waals surface area (Å²) in [5.74, 6) is 0. The third-order valence-electron chi connectivity index (χ3n) is 1.53. The number of hydrogen-bond acceptors (Lipinski definition) is 0. The molecular formula is C7H11. The lowest BCUT2D eigenvalue weighted by atomic mass is 10.1. The van der Waals surface area contributed by atoms with E-state index in [1.165, 1.54) is 12.8 Å². The molecule has 1 aliphatic rings. The molecule has 0 aliphatic heterocycles. The second-order valence-electron chi connectivity index (χ2n) is 2.49. The summed E-state index contributed by atoms with van der Waals surface area (Å²) in [6.07, 6.45) is 5.67. The maximum absolute atomic E-state index is 4.00. The van der Waals surface area contributed by atoms with Crippen molar-refractivity contribution in [2.75, 3.05) is 0 Å². The van der Waals surface area contributed by atoms with E-state index in [9.17, 15) is 0 Å². The van der Waals surface area contributed by atoms with Crippen molar-refractivity contribution in [3.05, 3.63) is 19.6 Å². The van der Waals surface area contributed by atoms with Gasteiger partial charge in [0.1, 0.15) is 0 Å². The van der Waals surface area contributed by atoms with Gasteiger partial charge in [-0.2, -0.15) is 0 Å². The number of allylic oxidation sites excluding steroid dienone is 1. The summed E-state index contributed by atoms with van der Waals surface area (Å²) in [5.41, 5.74) is 0.432. The van der Waals surface area contributed by atoms with Crippen molar-refractivity contribution in [1.29, 1.82) is 0 Å². The first-order chi connectivity index (χ1) is 3.27. The van der Waals surface area contributed by atoms with Crippen LogP contribution < -0.4 is 0 Å². The Hall–Kier alpha value is -0.260. The molecule has 0 unspecified atom stereocenters. The molecule has 0 nitrogen and oxygen atoms in total. The first-order valence-corrected chi connectivity index (χ1v) is 2.73. The van der Waals surface area contributed by atoms with Crippen LogP contribution in [0.25, 0.3) is 0 Å². The monoisotopic (exact) mass is 95.1 g/mol. The molecule has 1 aliphatic carbocycles. The van der Waals surface area contributed by atoms with Gasteiger partial charge in [0.15, 0.2) is 0 Å². The highest BCUT2D eigenvalue weighted by Gasteiger charge is 2.35. The average Bonchev–Trinajstić information content (AvgIpc) is 2.22. The van der Waals surface area contributed by atoms with Crippen LogP contribution in [0.2, 0.25) is 0 Å². The lowest BCUT2D eigenvalue weighted by Crippen LogP contribution is -1.87. The van der Waals surface area contributed by atoms with Crippen molar-refractivity contribution in [2.24, 2.45) is 5.41 Å². The van der Waals surface area contributed by atoms with Crippen molar-refractivity contribution < 1.29 is 0 Å². The van der Waals surface area contributed by atoms with E-state index in [1.807, 2.05) is 6.08 Å². The van der Waals surface area contributed by atoms with Crippen LogP contribution in [0.5, 0.6) is 0 Å². The zero-order valence-electron chi connectivity index (χ0n) is 4.61. The van der Waals surface area contributed by atoms with Gasteiger partial charge >= 0.3 is 0 Å². The van der Waals surface area contributed by atoms with Crippen LogP contribution in [0.1, 0.15) is 19.3 Å². The molecule has 0 spiro atoms. The first kappa shape index (κ1) is 4.89. The summed E-state index contributed by atoms with van der Waals surface area (Å²) in [6, 6.07) is 0. The highest BCUT2D eigenvalue weighted by atomic mass is 14.4. The van der Waals surface area contributed by atoms with E-state index in [0.717, 1.165) is 6.42 Å². The Morgan fingerprint density at radius 3 is 2.29 bits per heavy atom. The second-order valence-corrected chi connectivity index (χ2v) is 2.49. The summed E-state index contributed by atoms with van der Waals surface area (Å²) < 4.78 is 0. The van der Waals surface area contributed by atoms with Gasteiger partial charge in [0.05, 0.1) is 0 Å². The van der Waals surface area contributed by atoms with E-state index >= 15 is 0 Å². The van der Waals surface area contributed by atoms with E-state index in [1.54, 1.807) is 0 Å². The predicted molar refractivity (Wildman–Crippen MR) is 31.8 cm³/mol. The molecule has 0 aromatic rings. The standard InChI is InChI=1S/C7H11/c1-3-4-7(2)5-6-7/h3H,1-2,4-6H2. The summed E-state index contributed by atoms with van der Waals surface area (Å²) in [6.45, 7) is 7.65. The fourth-order valence-corrected chi connectivity index (χ4v) is 0.687. The van der Waals surface area contributed by atoms with Crippen LogP contribution in [0, 0.1) is 12.3 Å². The summed E-state index contributed by atoms with van der Waals surface area (Å²) in [5, 5.41) is 0. The normalized spacial score (nSPS) is 24.1. The second kappa shape index (κ2) is 1.36. The zero-order valence-corrected chi connectivity index (χ0v) is 4.61. The largest absolute Gasteiger partial charge is 0.103 e. The molecule has 0 bridgehead atoms. The molecule has 0 N–H and O–H groups in total. The van der Waals surface area contributed by atoms with Crippen LogP contribution in [0.4, 0.5) is 0 Å². The van der Waals surface area contributed by atoms with Gasteiger partial charge in [-0.1, -0.05) is 6.08 Å². The van der Waals surface area contributed by atoms with E-state index in [2.05, 4.69) is 13.5 Å². The number of hydrogen-bond donors (Lipinski definition) is 0. The Labute approximate surface area is 45.2 Å². The minimum absolute atomic E-state index is 0.432. The van der Waals surface area contributed by atoms with E-state index in [0.29, 0.717) is 5.41 Å². The van der Waals surface area contributed by atoms with E-state index in [4.69, 9.17) is 0 Å². The third-order valence-corrected chi connectivity index (χ3v) is 1.53. The molecule has 1 rings (SSSR count). The van der Waals surface area contributed by atoms with Crippen molar-refractivity contribution in [3.8, 4) is 0 Å². The first-order valence-electron chi connectivity index (χ1n) is 2.73. The van der Waals surface area contributed by atoms with Gasteiger partial charge < -0.3 is 0 Å². The van der Waals surface area contributed by atoms with Gasteiger partial charge in [-0.05, 0) is 31.6 Å². The topological polar surface area (TPSA) is 0 Å². The SMILES string of the molecule is [CH2]C1(CC=C)CC1. The van der Waals surface area contributed by atoms with Crippen LogP contribution in [-0.2, 0) is 0 Å². The number of rotatable bonds is 2. The van der Waals surface area contributed by atoms with Crippen LogP contribution in [0.3, 0.4) is 0 Å². The molecule has 0 heterocycles. The molecular weight excluding hydrogens is 84.1 g/mol. The Kier molecular flexibility index (Phi) is 0.949. The molecule has 0 saturated heterocycles. The van der Waals surface area contributed by atoms with Crippen molar-refractivity contribution in [2.45, 2.75) is 19.3 Å². The van der Waals surface area contributed by atoms with Crippen molar-refractivity contribution in [3.63, 3.8) is 0 Å². The molecule has 0 amide bonds. The van der Waals surface area contributed by atoms with Crippen LogP contribution >= 0.6 is 0 Å². The lowest BCUT2D eigenvalue weighted by Gasteiger charge is -1.98. The zero-order chi connectivity index (χ0) is 5.33. The molecule has 39 valence electrons. The summed E-state index contributed by atoms with van der Waals surface area (Å²) in [7, 11) is 0. The fourth-order valence-electron chi connectivity index (χ4n) is 0.687. The van der Waals surface area contributed by atoms with Crippen LogP contribution in [0.15, 0.2) is 12.7 Å². The molecule has 7 heavy (non-hydrogen) atoms. The molecule has 1 saturated carbocycles. The van der Waals surface area contributed by atoms with Gasteiger partial charge in [-0.15, -0.1) is 6.58 Å². The highest BCUT2D eigenvalue weighted by molar-refractivity contribution is 4.99. The average molecular weight is 95.2 g/mol. The Morgan fingerprint density at radius 2 is 2.14 bits per heavy atom. The minimum Gasteiger partial charge on any atom is -0.103 e. The molecule has 0 aromatic heterocycles. The van der Waals surface area contributed by atoms with Gasteiger partial charge in [0.25, 0.3) is 0 Å². The summed E-state index contributed by atoms with van der Waals surface area (Å²) >= 11 is 0. The minimum atomic E-state index is 0.432. The maximum Gasteiger partial charge on any atom is -0.0262 e. The third kappa shape index (κ3) is 1.05. The smallest absolute Gasteiger partial charge is 0.0262 e. The van der Waals surface area contributed by atoms with Crippen LogP contribution in [-0.4, -0.2) is 0 Å². The molecule has 0 heteroatoms. The predicted octanol–water partition coefficient (Wildman–Crippen LogP) is 2.18. The van der Waals surface area contributed by atoms with Gasteiger partial charge in [-0.3, -0.25) is 0 Å². The fraction of sp³-hybridized carbons (Fsp3) is 0.571. The molecule has 0 atom stereocenters. The molecule has 1 fully saturated rings. The highest BCUT2D eigenvalue weighted by Crippen LogP contribution is 2.47.